The van der Waals surface area contributed by atoms with Crippen LogP contribution in [0.1, 0.15) is 5.56 Å². The van der Waals surface area contributed by atoms with Crippen LogP contribution in [0.5, 0.6) is 0 Å². The van der Waals surface area contributed by atoms with Crippen LogP contribution >= 0.6 is 0 Å². The summed E-state index contributed by atoms with van der Waals surface area (Å²) in [6.45, 7) is 6.71. The molecule has 2 aromatic carbocycles. The number of halogens is 5. The molecule has 0 aliphatic carbocycles. The van der Waals surface area contributed by atoms with Crippen molar-refractivity contribution in [3.63, 3.8) is 0 Å². The van der Waals surface area contributed by atoms with E-state index in [9.17, 15) is 22.0 Å². The smallest absolute Gasteiger partial charge is 0.238 e. The summed E-state index contributed by atoms with van der Waals surface area (Å²) >= 11 is 0. The van der Waals surface area contributed by atoms with Crippen LogP contribution in [0.25, 0.3) is 16.0 Å². The maximum atomic E-state index is 13.1. The average Bonchev–Trinajstić information content (AvgIpc) is 2.35. The number of hydrogen-bond acceptors (Lipinski definition) is 0. The van der Waals surface area contributed by atoms with Gasteiger partial charge in [0.15, 0.2) is 5.69 Å². The van der Waals surface area contributed by atoms with E-state index in [1.165, 1.54) is 6.07 Å². The molecule has 2 aromatic rings. The highest BCUT2D eigenvalue weighted by atomic mass is 19.4. The van der Waals surface area contributed by atoms with E-state index >= 15 is 0 Å². The maximum Gasteiger partial charge on any atom is 0.407 e. The van der Waals surface area contributed by atoms with Crippen LogP contribution in [0.2, 0.25) is 0 Å². The monoisotopic (exact) mass is 283 g/mol. The Balaban J connectivity index is 2.62. The molecule has 0 bridgehead atoms. The molecule has 0 aromatic heterocycles. The first-order valence-corrected chi connectivity index (χ1v) is 5.36. The van der Waals surface area contributed by atoms with Crippen LogP contribution in [0.4, 0.5) is 27.6 Å². The van der Waals surface area contributed by atoms with Crippen molar-refractivity contribution < 1.29 is 22.0 Å². The largest absolute Gasteiger partial charge is 0.407 e. The molecule has 0 radical (unpaired) electrons. The summed E-state index contributed by atoms with van der Waals surface area (Å²) in [6.07, 6.45) is -4.71. The lowest BCUT2D eigenvalue weighted by atomic mass is 10.0. The lowest BCUT2D eigenvalue weighted by Gasteiger charge is -2.11. The highest BCUT2D eigenvalue weighted by Crippen LogP contribution is 2.39. The van der Waals surface area contributed by atoms with Crippen molar-refractivity contribution in [3.8, 4) is 11.1 Å². The zero-order valence-electron chi connectivity index (χ0n) is 9.80. The lowest BCUT2D eigenvalue weighted by Crippen LogP contribution is -2.05. The summed E-state index contributed by atoms with van der Waals surface area (Å²) in [5.41, 5.74) is -1.72. The molecule has 0 unspecified atom stereocenters. The standard InChI is InChI=1S/C14H6F5N/c1-20-13-3-2-8(6-12(13)14(17,18)19)9-4-10(15)7-11(16)5-9/h2-7H. The molecule has 0 aliphatic heterocycles. The Morgan fingerprint density at radius 1 is 0.850 bits per heavy atom. The summed E-state index contributed by atoms with van der Waals surface area (Å²) in [7, 11) is 0. The van der Waals surface area contributed by atoms with Gasteiger partial charge >= 0.3 is 6.18 Å². The number of benzene rings is 2. The second kappa shape index (κ2) is 4.93. The molecule has 0 saturated carbocycles. The molecule has 0 saturated heterocycles. The van der Waals surface area contributed by atoms with Gasteiger partial charge in [-0.3, -0.25) is 0 Å². The SMILES string of the molecule is [C-]#[N+]c1ccc(-c2cc(F)cc(F)c2)cc1C(F)(F)F. The topological polar surface area (TPSA) is 4.36 Å². The minimum absolute atomic E-state index is 0.0110. The van der Waals surface area contributed by atoms with Crippen LogP contribution in [0.3, 0.4) is 0 Å². The van der Waals surface area contributed by atoms with Gasteiger partial charge in [0.2, 0.25) is 0 Å². The van der Waals surface area contributed by atoms with Gasteiger partial charge in [0.05, 0.1) is 12.1 Å². The zero-order chi connectivity index (χ0) is 14.9. The fraction of sp³-hybridized carbons (Fsp3) is 0.0714. The van der Waals surface area contributed by atoms with Gasteiger partial charge < -0.3 is 0 Å². The molecular weight excluding hydrogens is 277 g/mol. The van der Waals surface area contributed by atoms with Crippen molar-refractivity contribution in [3.05, 3.63) is 65.0 Å². The van der Waals surface area contributed by atoms with E-state index in [0.29, 0.717) is 12.1 Å². The van der Waals surface area contributed by atoms with E-state index < -0.39 is 29.1 Å². The molecule has 1 nitrogen and oxygen atoms in total. The summed E-state index contributed by atoms with van der Waals surface area (Å²) in [5.74, 6) is -1.77. The predicted octanol–water partition coefficient (Wildman–Crippen LogP) is 5.20. The molecule has 6 heteroatoms. The van der Waals surface area contributed by atoms with E-state index in [0.717, 1.165) is 18.2 Å². The second-order valence-corrected chi connectivity index (χ2v) is 4.00. The van der Waals surface area contributed by atoms with Gasteiger partial charge in [-0.05, 0) is 23.3 Å². The molecule has 102 valence electrons. The Hall–Kier alpha value is -2.42. The van der Waals surface area contributed by atoms with E-state index in [1.54, 1.807) is 0 Å². The number of hydrogen-bond donors (Lipinski definition) is 0. The van der Waals surface area contributed by atoms with Gasteiger partial charge in [-0.1, -0.05) is 18.2 Å². The molecule has 0 atom stereocenters. The van der Waals surface area contributed by atoms with E-state index in [-0.39, 0.29) is 11.1 Å². The van der Waals surface area contributed by atoms with E-state index in [4.69, 9.17) is 6.57 Å². The maximum absolute atomic E-state index is 13.1. The second-order valence-electron chi connectivity index (χ2n) is 4.00. The van der Waals surface area contributed by atoms with Crippen molar-refractivity contribution in [2.24, 2.45) is 0 Å². The van der Waals surface area contributed by atoms with Crippen LogP contribution in [0.15, 0.2) is 36.4 Å². The highest BCUT2D eigenvalue weighted by molar-refractivity contribution is 5.69. The third kappa shape index (κ3) is 2.77. The normalized spacial score (nSPS) is 11.2. The molecule has 2 rings (SSSR count). The summed E-state index contributed by atoms with van der Waals surface area (Å²) in [4.78, 5) is 2.79. The number of rotatable bonds is 1. The fourth-order valence-corrected chi connectivity index (χ4v) is 1.76. The van der Waals surface area contributed by atoms with E-state index in [2.05, 4.69) is 4.85 Å². The molecule has 20 heavy (non-hydrogen) atoms. The van der Waals surface area contributed by atoms with Crippen molar-refractivity contribution >= 4 is 5.69 Å². The van der Waals surface area contributed by atoms with Gasteiger partial charge in [0.1, 0.15) is 11.6 Å². The third-order valence-corrected chi connectivity index (χ3v) is 2.62. The molecule has 0 N–H and O–H groups in total. The first kappa shape index (κ1) is 14.0. The van der Waals surface area contributed by atoms with E-state index in [1.807, 2.05) is 0 Å². The van der Waals surface area contributed by atoms with Crippen LogP contribution in [-0.2, 0) is 6.18 Å². The predicted molar refractivity (Wildman–Crippen MR) is 63.1 cm³/mol. The first-order chi connectivity index (χ1) is 9.31. The van der Waals surface area contributed by atoms with Gasteiger partial charge in [-0.2, -0.15) is 13.2 Å². The molecule has 0 aliphatic rings. The van der Waals surface area contributed by atoms with Crippen molar-refractivity contribution in [2.45, 2.75) is 6.18 Å². The minimum atomic E-state index is -4.71. The lowest BCUT2D eigenvalue weighted by molar-refractivity contribution is -0.136. The minimum Gasteiger partial charge on any atom is -0.238 e. The van der Waals surface area contributed by atoms with Gasteiger partial charge in [0, 0.05) is 6.07 Å². The van der Waals surface area contributed by atoms with Crippen molar-refractivity contribution in [2.75, 3.05) is 0 Å². The quantitative estimate of drug-likeness (QED) is 0.500. The summed E-state index contributed by atoms with van der Waals surface area (Å²) in [6, 6.07) is 5.39. The van der Waals surface area contributed by atoms with Gasteiger partial charge in [-0.25, -0.2) is 13.6 Å². The molecule has 0 fully saturated rings. The Kier molecular flexibility index (Phi) is 3.45. The molecule has 0 amide bonds. The molecular formula is C14H6F5N. The Bertz CT molecular complexity index is 677. The number of nitrogens with zero attached hydrogens (tertiary/aromatic N) is 1. The average molecular weight is 283 g/mol. The molecule has 0 heterocycles. The zero-order valence-corrected chi connectivity index (χ0v) is 9.80. The van der Waals surface area contributed by atoms with Crippen molar-refractivity contribution in [1.82, 2.24) is 0 Å². The van der Waals surface area contributed by atoms with Gasteiger partial charge in [0.25, 0.3) is 0 Å². The van der Waals surface area contributed by atoms with Crippen LogP contribution in [0, 0.1) is 18.2 Å². The Morgan fingerprint density at radius 3 is 1.95 bits per heavy atom. The first-order valence-electron chi connectivity index (χ1n) is 5.36. The number of alkyl halides is 3. The van der Waals surface area contributed by atoms with Crippen molar-refractivity contribution in [1.29, 1.82) is 0 Å². The van der Waals surface area contributed by atoms with Crippen LogP contribution in [-0.4, -0.2) is 0 Å². The summed E-state index contributed by atoms with van der Waals surface area (Å²) in [5, 5.41) is 0. The fourth-order valence-electron chi connectivity index (χ4n) is 1.76. The highest BCUT2D eigenvalue weighted by Gasteiger charge is 2.33. The van der Waals surface area contributed by atoms with Gasteiger partial charge in [-0.15, -0.1) is 0 Å². The summed E-state index contributed by atoms with van der Waals surface area (Å²) < 4.78 is 64.6. The Labute approximate surface area is 111 Å². The molecule has 0 spiro atoms. The Morgan fingerprint density at radius 2 is 1.45 bits per heavy atom. The third-order valence-electron chi connectivity index (χ3n) is 2.62. The van der Waals surface area contributed by atoms with Crippen LogP contribution < -0.4 is 0 Å².